The molecular formula is C12H16BrN3O. The Kier molecular flexibility index (Phi) is 3.69. The first-order chi connectivity index (χ1) is 8.10. The van der Waals surface area contributed by atoms with Crippen LogP contribution in [0.4, 0.5) is 5.69 Å². The Balaban J connectivity index is 2.18. The molecule has 2 rings (SSSR count). The van der Waals surface area contributed by atoms with Crippen LogP contribution >= 0.6 is 15.9 Å². The van der Waals surface area contributed by atoms with E-state index in [-0.39, 0.29) is 11.8 Å². The van der Waals surface area contributed by atoms with E-state index in [1.807, 2.05) is 12.1 Å². The molecule has 1 aliphatic rings. The van der Waals surface area contributed by atoms with Crippen molar-refractivity contribution in [1.29, 1.82) is 0 Å². The molecule has 1 saturated heterocycles. The smallest absolute Gasteiger partial charge is 0.222 e. The van der Waals surface area contributed by atoms with Crippen LogP contribution in [0.5, 0.6) is 0 Å². The van der Waals surface area contributed by atoms with Crippen molar-refractivity contribution in [2.24, 2.45) is 17.4 Å². The van der Waals surface area contributed by atoms with Crippen molar-refractivity contribution in [2.75, 3.05) is 18.0 Å². The second-order valence-electron chi connectivity index (χ2n) is 4.36. The monoisotopic (exact) mass is 297 g/mol. The highest BCUT2D eigenvalue weighted by molar-refractivity contribution is 9.10. The second kappa shape index (κ2) is 5.06. The number of halogens is 1. The van der Waals surface area contributed by atoms with Gasteiger partial charge in [0.2, 0.25) is 5.91 Å². The Bertz CT molecular complexity index is 436. The molecule has 1 amide bonds. The summed E-state index contributed by atoms with van der Waals surface area (Å²) < 4.78 is 1.01. The fourth-order valence-electron chi connectivity index (χ4n) is 2.16. The number of nitrogens with zero attached hydrogens (tertiary/aromatic N) is 1. The molecule has 0 spiro atoms. The third-order valence-electron chi connectivity index (χ3n) is 3.13. The van der Waals surface area contributed by atoms with Crippen LogP contribution in [-0.2, 0) is 11.3 Å². The van der Waals surface area contributed by atoms with Gasteiger partial charge < -0.3 is 16.4 Å². The first-order valence-corrected chi connectivity index (χ1v) is 6.43. The molecule has 1 aromatic rings. The number of hydrogen-bond donors (Lipinski definition) is 2. The molecule has 92 valence electrons. The SMILES string of the molecule is NCc1cc(Br)cc(N2CCC(C(N)=O)C2)c1. The summed E-state index contributed by atoms with van der Waals surface area (Å²) in [5.41, 5.74) is 13.2. The molecule has 0 bridgehead atoms. The molecule has 0 radical (unpaired) electrons. The van der Waals surface area contributed by atoms with Crippen molar-refractivity contribution in [2.45, 2.75) is 13.0 Å². The first kappa shape index (κ1) is 12.4. The van der Waals surface area contributed by atoms with Crippen LogP contribution in [0, 0.1) is 5.92 Å². The van der Waals surface area contributed by atoms with E-state index in [1.165, 1.54) is 0 Å². The van der Waals surface area contributed by atoms with Gasteiger partial charge in [-0.15, -0.1) is 0 Å². The van der Waals surface area contributed by atoms with Gasteiger partial charge in [-0.3, -0.25) is 4.79 Å². The molecule has 1 atom stereocenters. The number of anilines is 1. The average molecular weight is 298 g/mol. The van der Waals surface area contributed by atoms with Gasteiger partial charge in [0.25, 0.3) is 0 Å². The van der Waals surface area contributed by atoms with Crippen LogP contribution in [0.1, 0.15) is 12.0 Å². The van der Waals surface area contributed by atoms with E-state index in [2.05, 4.69) is 26.9 Å². The van der Waals surface area contributed by atoms with Crippen LogP contribution in [0.25, 0.3) is 0 Å². The van der Waals surface area contributed by atoms with Crippen LogP contribution in [0.2, 0.25) is 0 Å². The minimum Gasteiger partial charge on any atom is -0.371 e. The lowest BCUT2D eigenvalue weighted by Crippen LogP contribution is -2.27. The Morgan fingerprint density at radius 2 is 2.24 bits per heavy atom. The number of primary amides is 1. The average Bonchev–Trinajstić information content (AvgIpc) is 2.77. The minimum atomic E-state index is -0.207. The van der Waals surface area contributed by atoms with E-state index in [4.69, 9.17) is 11.5 Å². The zero-order valence-electron chi connectivity index (χ0n) is 9.53. The highest BCUT2D eigenvalue weighted by atomic mass is 79.9. The largest absolute Gasteiger partial charge is 0.371 e. The zero-order chi connectivity index (χ0) is 12.4. The fourth-order valence-corrected chi connectivity index (χ4v) is 2.69. The van der Waals surface area contributed by atoms with Crippen LogP contribution in [0.15, 0.2) is 22.7 Å². The fraction of sp³-hybridized carbons (Fsp3) is 0.417. The van der Waals surface area contributed by atoms with E-state index in [1.54, 1.807) is 0 Å². The first-order valence-electron chi connectivity index (χ1n) is 5.64. The van der Waals surface area contributed by atoms with Gasteiger partial charge >= 0.3 is 0 Å². The van der Waals surface area contributed by atoms with Crippen molar-refractivity contribution < 1.29 is 4.79 Å². The zero-order valence-corrected chi connectivity index (χ0v) is 11.1. The summed E-state index contributed by atoms with van der Waals surface area (Å²) in [4.78, 5) is 13.3. The summed E-state index contributed by atoms with van der Waals surface area (Å²) in [7, 11) is 0. The molecule has 5 heteroatoms. The van der Waals surface area contributed by atoms with Gasteiger partial charge in [-0.1, -0.05) is 15.9 Å². The van der Waals surface area contributed by atoms with Crippen molar-refractivity contribution in [3.8, 4) is 0 Å². The number of benzene rings is 1. The van der Waals surface area contributed by atoms with Gasteiger partial charge in [-0.25, -0.2) is 0 Å². The van der Waals surface area contributed by atoms with Crippen LogP contribution in [-0.4, -0.2) is 19.0 Å². The number of rotatable bonds is 3. The molecule has 1 aromatic carbocycles. The molecule has 0 aromatic heterocycles. The summed E-state index contributed by atoms with van der Waals surface area (Å²) in [6.07, 6.45) is 0.833. The quantitative estimate of drug-likeness (QED) is 0.881. The Morgan fingerprint density at radius 3 is 2.82 bits per heavy atom. The van der Waals surface area contributed by atoms with Crippen LogP contribution < -0.4 is 16.4 Å². The lowest BCUT2D eigenvalue weighted by Gasteiger charge is -2.19. The Labute approximate surface area is 109 Å². The highest BCUT2D eigenvalue weighted by Crippen LogP contribution is 2.27. The number of nitrogens with two attached hydrogens (primary N) is 2. The van der Waals surface area contributed by atoms with E-state index < -0.39 is 0 Å². The molecule has 1 aliphatic heterocycles. The van der Waals surface area contributed by atoms with Gasteiger partial charge in [0.15, 0.2) is 0 Å². The number of hydrogen-bond acceptors (Lipinski definition) is 3. The molecule has 17 heavy (non-hydrogen) atoms. The van der Waals surface area contributed by atoms with Crippen LogP contribution in [0.3, 0.4) is 0 Å². The number of amides is 1. The molecule has 1 heterocycles. The maximum atomic E-state index is 11.1. The van der Waals surface area contributed by atoms with Gasteiger partial charge in [-0.05, 0) is 30.2 Å². The van der Waals surface area contributed by atoms with Crippen molar-refractivity contribution in [3.05, 3.63) is 28.2 Å². The van der Waals surface area contributed by atoms with Gasteiger partial charge in [0.1, 0.15) is 0 Å². The van der Waals surface area contributed by atoms with Gasteiger partial charge in [0, 0.05) is 29.8 Å². The third kappa shape index (κ3) is 2.79. The summed E-state index contributed by atoms with van der Waals surface area (Å²) in [5, 5.41) is 0. The third-order valence-corrected chi connectivity index (χ3v) is 3.59. The minimum absolute atomic E-state index is 0.0321. The van der Waals surface area contributed by atoms with E-state index in [0.29, 0.717) is 13.1 Å². The molecule has 0 saturated carbocycles. The van der Waals surface area contributed by atoms with Crippen molar-refractivity contribution in [3.63, 3.8) is 0 Å². The maximum absolute atomic E-state index is 11.1. The molecule has 0 aliphatic carbocycles. The lowest BCUT2D eigenvalue weighted by atomic mass is 10.1. The van der Waals surface area contributed by atoms with E-state index in [0.717, 1.165) is 28.7 Å². The summed E-state index contributed by atoms with van der Waals surface area (Å²) in [6.45, 7) is 2.09. The van der Waals surface area contributed by atoms with Gasteiger partial charge in [0.05, 0.1) is 5.92 Å². The molecular weight excluding hydrogens is 282 g/mol. The second-order valence-corrected chi connectivity index (χ2v) is 5.27. The highest BCUT2D eigenvalue weighted by Gasteiger charge is 2.26. The normalized spacial score (nSPS) is 19.6. The van der Waals surface area contributed by atoms with E-state index >= 15 is 0 Å². The van der Waals surface area contributed by atoms with E-state index in [9.17, 15) is 4.79 Å². The van der Waals surface area contributed by atoms with Gasteiger partial charge in [-0.2, -0.15) is 0 Å². The van der Waals surface area contributed by atoms with Crippen molar-refractivity contribution in [1.82, 2.24) is 0 Å². The molecule has 1 unspecified atom stereocenters. The Morgan fingerprint density at radius 1 is 1.47 bits per heavy atom. The lowest BCUT2D eigenvalue weighted by molar-refractivity contribution is -0.121. The maximum Gasteiger partial charge on any atom is 0.222 e. The van der Waals surface area contributed by atoms with Crippen molar-refractivity contribution >= 4 is 27.5 Å². The summed E-state index contributed by atoms with van der Waals surface area (Å²) in [5.74, 6) is -0.239. The number of carbonyl (C=O) groups excluding carboxylic acids is 1. The molecule has 1 fully saturated rings. The topological polar surface area (TPSA) is 72.3 Å². The predicted molar refractivity (Wildman–Crippen MR) is 71.5 cm³/mol. The molecule has 4 nitrogen and oxygen atoms in total. The molecule has 4 N–H and O–H groups in total. The predicted octanol–water partition coefficient (Wildman–Crippen LogP) is 1.22. The Hall–Kier alpha value is -1.07. The standard InChI is InChI=1S/C12H16BrN3O/c13-10-3-8(6-14)4-11(5-10)16-2-1-9(7-16)12(15)17/h3-5,9H,1-2,6-7,14H2,(H2,15,17). The number of carbonyl (C=O) groups is 1. The summed E-state index contributed by atoms with van der Waals surface area (Å²) in [6, 6.07) is 6.11. The summed E-state index contributed by atoms with van der Waals surface area (Å²) >= 11 is 3.47.